The molecule has 0 rings (SSSR count). The van der Waals surface area contributed by atoms with Crippen molar-refractivity contribution in [1.82, 2.24) is 4.90 Å². The van der Waals surface area contributed by atoms with Gasteiger partial charge in [0.25, 0.3) is 0 Å². The van der Waals surface area contributed by atoms with Gasteiger partial charge in [-0.05, 0) is 26.7 Å². The third-order valence-corrected chi connectivity index (χ3v) is 2.04. The molecule has 0 aliphatic carbocycles. The third-order valence-electron chi connectivity index (χ3n) is 1.78. The highest BCUT2D eigenvalue weighted by Gasteiger charge is 2.09. The number of ether oxygens (including phenoxy) is 1. The molecule has 0 N–H and O–H groups in total. The highest BCUT2D eigenvalue weighted by atomic mass is 35.5. The second-order valence-corrected chi connectivity index (χ2v) is 3.06. The molecule has 0 bridgehead atoms. The fourth-order valence-electron chi connectivity index (χ4n) is 0.929. The number of unbranched alkanes of at least 4 members (excludes halogenated alkanes) is 1. The Kier molecular flexibility index (Phi) is 7.90. The fourth-order valence-corrected chi connectivity index (χ4v) is 1.12. The lowest BCUT2D eigenvalue weighted by Gasteiger charge is -2.17. The van der Waals surface area contributed by atoms with Gasteiger partial charge in [-0.25, -0.2) is 4.79 Å². The van der Waals surface area contributed by atoms with Crippen LogP contribution in [0.4, 0.5) is 4.79 Å². The van der Waals surface area contributed by atoms with Gasteiger partial charge in [0.1, 0.15) is 0 Å². The lowest BCUT2D eigenvalue weighted by molar-refractivity contribution is 0.105. The van der Waals surface area contributed by atoms with Gasteiger partial charge in [-0.15, -0.1) is 11.6 Å². The molecule has 4 heteroatoms. The maximum Gasteiger partial charge on any atom is 0.409 e. The van der Waals surface area contributed by atoms with E-state index in [2.05, 4.69) is 0 Å². The number of carbonyl (C=O) groups is 1. The normalized spacial score (nSPS) is 9.77. The van der Waals surface area contributed by atoms with Gasteiger partial charge in [-0.3, -0.25) is 0 Å². The van der Waals surface area contributed by atoms with Crippen molar-refractivity contribution in [2.24, 2.45) is 0 Å². The molecule has 0 fully saturated rings. The van der Waals surface area contributed by atoms with Crippen LogP contribution in [-0.4, -0.2) is 36.6 Å². The van der Waals surface area contributed by atoms with Crippen molar-refractivity contribution in [3.8, 4) is 0 Å². The smallest absolute Gasteiger partial charge is 0.409 e. The minimum atomic E-state index is -0.223. The molecule has 0 radical (unpaired) electrons. The third kappa shape index (κ3) is 5.75. The first-order chi connectivity index (χ1) is 6.26. The highest BCUT2D eigenvalue weighted by molar-refractivity contribution is 6.17. The molecular formula is C9H18ClNO2. The number of rotatable bonds is 6. The molecule has 0 aromatic carbocycles. The van der Waals surface area contributed by atoms with Crippen molar-refractivity contribution < 1.29 is 9.53 Å². The molecule has 1 amide bonds. The molecule has 0 aromatic heterocycles. The topological polar surface area (TPSA) is 29.5 Å². The lowest BCUT2D eigenvalue weighted by Crippen LogP contribution is -2.31. The zero-order valence-corrected chi connectivity index (χ0v) is 9.14. The number of hydrogen-bond donors (Lipinski definition) is 0. The summed E-state index contributed by atoms with van der Waals surface area (Å²) in [4.78, 5) is 12.9. The van der Waals surface area contributed by atoms with Gasteiger partial charge in [0, 0.05) is 19.0 Å². The summed E-state index contributed by atoms with van der Waals surface area (Å²) < 4.78 is 5.02. The van der Waals surface area contributed by atoms with E-state index < -0.39 is 0 Å². The molecule has 0 aromatic rings. The maximum atomic E-state index is 11.2. The van der Waals surface area contributed by atoms with Crippen LogP contribution in [0.2, 0.25) is 0 Å². The van der Waals surface area contributed by atoms with Crippen molar-refractivity contribution in [2.45, 2.75) is 26.7 Å². The first-order valence-corrected chi connectivity index (χ1v) is 5.27. The Labute approximate surface area is 85.0 Å². The van der Waals surface area contributed by atoms with Crippen molar-refractivity contribution >= 4 is 17.7 Å². The van der Waals surface area contributed by atoms with Gasteiger partial charge < -0.3 is 9.64 Å². The molecule has 0 saturated carbocycles. The van der Waals surface area contributed by atoms with Crippen LogP contribution in [0.25, 0.3) is 0 Å². The van der Waals surface area contributed by atoms with Crippen molar-refractivity contribution in [1.29, 1.82) is 0 Å². The molecule has 3 nitrogen and oxygen atoms in total. The van der Waals surface area contributed by atoms with E-state index in [4.69, 9.17) is 16.3 Å². The molecular weight excluding hydrogens is 190 g/mol. The Morgan fingerprint density at radius 1 is 1.31 bits per heavy atom. The largest absolute Gasteiger partial charge is 0.449 e. The van der Waals surface area contributed by atoms with E-state index in [1.807, 2.05) is 13.8 Å². The monoisotopic (exact) mass is 207 g/mol. The molecule has 13 heavy (non-hydrogen) atoms. The van der Waals surface area contributed by atoms with Gasteiger partial charge in [0.15, 0.2) is 0 Å². The summed E-state index contributed by atoms with van der Waals surface area (Å²) in [6.45, 7) is 5.74. The number of halogens is 1. The van der Waals surface area contributed by atoms with Crippen molar-refractivity contribution in [2.75, 3.05) is 25.6 Å². The molecule has 0 aliphatic heterocycles. The summed E-state index contributed by atoms with van der Waals surface area (Å²) in [5, 5.41) is 0. The fraction of sp³-hybridized carbons (Fsp3) is 0.889. The lowest BCUT2D eigenvalue weighted by atomic mass is 10.4. The number of alkyl halides is 1. The average molecular weight is 208 g/mol. The summed E-state index contributed by atoms with van der Waals surface area (Å²) in [6, 6.07) is 0. The number of hydrogen-bond acceptors (Lipinski definition) is 2. The summed E-state index contributed by atoms with van der Waals surface area (Å²) in [5.74, 6) is 0.628. The predicted octanol–water partition coefficient (Wildman–Crippen LogP) is 2.48. The first-order valence-electron chi connectivity index (χ1n) is 4.73. The molecule has 0 unspecified atom stereocenters. The SMILES string of the molecule is CCN(CC)C(=O)OCCCCCl. The minimum Gasteiger partial charge on any atom is -0.449 e. The quantitative estimate of drug-likeness (QED) is 0.495. The molecule has 0 heterocycles. The molecule has 78 valence electrons. The molecule has 0 atom stereocenters. The van der Waals surface area contributed by atoms with Crippen LogP contribution < -0.4 is 0 Å². The minimum absolute atomic E-state index is 0.223. The van der Waals surface area contributed by atoms with Gasteiger partial charge in [0.2, 0.25) is 0 Å². The predicted molar refractivity (Wildman–Crippen MR) is 54.2 cm³/mol. The van der Waals surface area contributed by atoms with E-state index in [0.29, 0.717) is 25.6 Å². The van der Waals surface area contributed by atoms with Gasteiger partial charge >= 0.3 is 6.09 Å². The van der Waals surface area contributed by atoms with Crippen LogP contribution in [0.3, 0.4) is 0 Å². The van der Waals surface area contributed by atoms with E-state index in [1.165, 1.54) is 0 Å². The van der Waals surface area contributed by atoms with Gasteiger partial charge in [-0.1, -0.05) is 0 Å². The zero-order chi connectivity index (χ0) is 10.1. The van der Waals surface area contributed by atoms with Crippen molar-refractivity contribution in [3.05, 3.63) is 0 Å². The van der Waals surface area contributed by atoms with E-state index in [-0.39, 0.29) is 6.09 Å². The molecule has 0 spiro atoms. The summed E-state index contributed by atoms with van der Waals surface area (Å²) in [5.41, 5.74) is 0. The maximum absolute atomic E-state index is 11.2. The average Bonchev–Trinajstić information content (AvgIpc) is 2.14. The van der Waals surface area contributed by atoms with Crippen molar-refractivity contribution in [3.63, 3.8) is 0 Å². The van der Waals surface area contributed by atoms with Crippen LogP contribution >= 0.6 is 11.6 Å². The van der Waals surface area contributed by atoms with Crippen LogP contribution in [0.15, 0.2) is 0 Å². The first kappa shape index (κ1) is 12.6. The second-order valence-electron chi connectivity index (χ2n) is 2.68. The number of amides is 1. The van der Waals surface area contributed by atoms with Crippen LogP contribution in [0, 0.1) is 0 Å². The molecule has 0 saturated heterocycles. The van der Waals surface area contributed by atoms with Crippen LogP contribution in [-0.2, 0) is 4.74 Å². The summed E-state index contributed by atoms with van der Waals surface area (Å²) >= 11 is 5.48. The van der Waals surface area contributed by atoms with E-state index in [1.54, 1.807) is 4.90 Å². The van der Waals surface area contributed by atoms with Gasteiger partial charge in [-0.2, -0.15) is 0 Å². The Hall–Kier alpha value is -0.440. The standard InChI is InChI=1S/C9H18ClNO2/c1-3-11(4-2)9(12)13-8-6-5-7-10/h3-8H2,1-2H3. The Morgan fingerprint density at radius 3 is 2.38 bits per heavy atom. The Bertz CT molecular complexity index is 138. The summed E-state index contributed by atoms with van der Waals surface area (Å²) in [7, 11) is 0. The van der Waals surface area contributed by atoms with Crippen LogP contribution in [0.1, 0.15) is 26.7 Å². The van der Waals surface area contributed by atoms with Crippen LogP contribution in [0.5, 0.6) is 0 Å². The van der Waals surface area contributed by atoms with E-state index in [0.717, 1.165) is 12.8 Å². The van der Waals surface area contributed by atoms with E-state index in [9.17, 15) is 4.79 Å². The van der Waals surface area contributed by atoms with E-state index >= 15 is 0 Å². The summed E-state index contributed by atoms with van der Waals surface area (Å²) in [6.07, 6.45) is 1.52. The molecule has 0 aliphatic rings. The Morgan fingerprint density at radius 2 is 1.92 bits per heavy atom. The number of carbonyl (C=O) groups excluding carboxylic acids is 1. The van der Waals surface area contributed by atoms with Gasteiger partial charge in [0.05, 0.1) is 6.61 Å². The number of nitrogens with zero attached hydrogens (tertiary/aromatic N) is 1. The highest BCUT2D eigenvalue weighted by Crippen LogP contribution is 1.97. The Balaban J connectivity index is 3.48. The second kappa shape index (κ2) is 8.17. The zero-order valence-electron chi connectivity index (χ0n) is 8.38.